The third kappa shape index (κ3) is 2.01. The van der Waals surface area contributed by atoms with E-state index in [1.165, 1.54) is 5.56 Å². The summed E-state index contributed by atoms with van der Waals surface area (Å²) < 4.78 is 0. The van der Waals surface area contributed by atoms with Crippen LogP contribution in [-0.4, -0.2) is 11.6 Å². The van der Waals surface area contributed by atoms with E-state index in [0.717, 1.165) is 22.7 Å². The summed E-state index contributed by atoms with van der Waals surface area (Å²) in [7, 11) is 0. The zero-order chi connectivity index (χ0) is 13.4. The number of hydrogen-bond donors (Lipinski definition) is 1. The Labute approximate surface area is 112 Å². The Hall–Kier alpha value is -2.16. The lowest BCUT2D eigenvalue weighted by atomic mass is 9.86. The predicted octanol–water partition coefficient (Wildman–Crippen LogP) is 3.10. The normalized spacial score (nSPS) is 21.9. The van der Waals surface area contributed by atoms with Crippen molar-refractivity contribution in [2.45, 2.75) is 20.4 Å². The molecular weight excluding hydrogens is 236 g/mol. The highest BCUT2D eigenvalue weighted by molar-refractivity contribution is 6.17. The van der Waals surface area contributed by atoms with Gasteiger partial charge in [-0.05, 0) is 31.6 Å². The standard InChI is InChI=1S/C16H16N2O/c1-10-7-8-14(19)15(11(10)2)16-17-9-12-5-3-4-6-13(12)18-16/h3-8,15H,9H2,1-2H3,(H,17,18). The van der Waals surface area contributed by atoms with Crippen LogP contribution in [0.1, 0.15) is 19.4 Å². The molecule has 3 rings (SSSR count). The van der Waals surface area contributed by atoms with Crippen molar-refractivity contribution in [1.82, 2.24) is 0 Å². The van der Waals surface area contributed by atoms with Gasteiger partial charge in [0.1, 0.15) is 11.8 Å². The largest absolute Gasteiger partial charge is 0.343 e. The van der Waals surface area contributed by atoms with E-state index in [4.69, 9.17) is 0 Å². The Kier molecular flexibility index (Phi) is 2.82. The number of carbonyl (C=O) groups excluding carboxylic acids is 1. The number of amidine groups is 1. The molecule has 2 aliphatic rings. The number of ketones is 1. The molecular formula is C16H16N2O. The van der Waals surface area contributed by atoms with Gasteiger partial charge in [-0.25, -0.2) is 0 Å². The maximum atomic E-state index is 12.1. The first-order chi connectivity index (χ1) is 9.16. The van der Waals surface area contributed by atoms with E-state index in [-0.39, 0.29) is 11.7 Å². The second-order valence-corrected chi connectivity index (χ2v) is 5.02. The van der Waals surface area contributed by atoms with E-state index in [1.54, 1.807) is 6.08 Å². The fraction of sp³-hybridized carbons (Fsp3) is 0.250. The molecule has 0 saturated heterocycles. The van der Waals surface area contributed by atoms with Crippen molar-refractivity contribution in [3.8, 4) is 0 Å². The average molecular weight is 252 g/mol. The lowest BCUT2D eigenvalue weighted by Gasteiger charge is -2.26. The molecule has 1 heterocycles. The third-order valence-corrected chi connectivity index (χ3v) is 3.81. The van der Waals surface area contributed by atoms with Crippen LogP contribution in [0.15, 0.2) is 52.6 Å². The van der Waals surface area contributed by atoms with Gasteiger partial charge in [-0.15, -0.1) is 0 Å². The van der Waals surface area contributed by atoms with Gasteiger partial charge in [0, 0.05) is 5.69 Å². The van der Waals surface area contributed by atoms with Crippen LogP contribution in [0.4, 0.5) is 5.69 Å². The first kappa shape index (κ1) is 11.9. The van der Waals surface area contributed by atoms with Crippen LogP contribution in [-0.2, 0) is 11.3 Å². The third-order valence-electron chi connectivity index (χ3n) is 3.81. The number of nitrogens with zero attached hydrogens (tertiary/aromatic N) is 1. The number of aliphatic imine (C=N–C) groups is 1. The topological polar surface area (TPSA) is 41.5 Å². The van der Waals surface area contributed by atoms with Crippen LogP contribution in [0.2, 0.25) is 0 Å². The minimum absolute atomic E-state index is 0.105. The smallest absolute Gasteiger partial charge is 0.170 e. The van der Waals surface area contributed by atoms with Gasteiger partial charge in [0.2, 0.25) is 0 Å². The molecule has 96 valence electrons. The van der Waals surface area contributed by atoms with E-state index >= 15 is 0 Å². The Balaban J connectivity index is 1.95. The predicted molar refractivity (Wildman–Crippen MR) is 77.2 cm³/mol. The first-order valence-corrected chi connectivity index (χ1v) is 6.45. The molecule has 0 saturated carbocycles. The number of fused-ring (bicyclic) bond motifs is 1. The second kappa shape index (κ2) is 4.50. The number of benzene rings is 1. The summed E-state index contributed by atoms with van der Waals surface area (Å²) in [4.78, 5) is 16.7. The van der Waals surface area contributed by atoms with Crippen molar-refractivity contribution in [3.05, 3.63) is 53.1 Å². The van der Waals surface area contributed by atoms with Crippen LogP contribution in [0.3, 0.4) is 0 Å². The van der Waals surface area contributed by atoms with E-state index in [2.05, 4.69) is 16.4 Å². The van der Waals surface area contributed by atoms with Gasteiger partial charge in [-0.1, -0.05) is 35.4 Å². The lowest BCUT2D eigenvalue weighted by molar-refractivity contribution is -0.115. The number of carbonyl (C=O) groups is 1. The van der Waals surface area contributed by atoms with Crippen LogP contribution in [0.5, 0.6) is 0 Å². The van der Waals surface area contributed by atoms with Gasteiger partial charge in [-0.2, -0.15) is 0 Å². The maximum Gasteiger partial charge on any atom is 0.170 e. The van der Waals surface area contributed by atoms with Gasteiger partial charge in [0.15, 0.2) is 5.78 Å². The van der Waals surface area contributed by atoms with Gasteiger partial charge in [0.25, 0.3) is 0 Å². The molecule has 0 radical (unpaired) electrons. The molecule has 0 fully saturated rings. The zero-order valence-corrected chi connectivity index (χ0v) is 11.1. The molecule has 1 aromatic carbocycles. The quantitative estimate of drug-likeness (QED) is 0.834. The molecule has 1 atom stereocenters. The summed E-state index contributed by atoms with van der Waals surface area (Å²) in [6.07, 6.45) is 3.53. The van der Waals surface area contributed by atoms with Crippen molar-refractivity contribution in [2.24, 2.45) is 10.9 Å². The first-order valence-electron chi connectivity index (χ1n) is 6.45. The molecule has 1 unspecified atom stereocenters. The lowest BCUT2D eigenvalue weighted by Crippen LogP contribution is -2.33. The van der Waals surface area contributed by atoms with Crippen molar-refractivity contribution in [2.75, 3.05) is 5.32 Å². The van der Waals surface area contributed by atoms with E-state index in [1.807, 2.05) is 38.1 Å². The van der Waals surface area contributed by atoms with Crippen LogP contribution in [0.25, 0.3) is 0 Å². The Morgan fingerprint density at radius 1 is 1.21 bits per heavy atom. The maximum absolute atomic E-state index is 12.1. The molecule has 19 heavy (non-hydrogen) atoms. The van der Waals surface area contributed by atoms with Gasteiger partial charge in [-0.3, -0.25) is 9.79 Å². The van der Waals surface area contributed by atoms with Crippen LogP contribution in [0, 0.1) is 5.92 Å². The number of para-hydroxylation sites is 1. The van der Waals surface area contributed by atoms with Crippen LogP contribution >= 0.6 is 0 Å². The average Bonchev–Trinajstić information content (AvgIpc) is 2.43. The molecule has 1 aromatic rings. The van der Waals surface area contributed by atoms with E-state index in [9.17, 15) is 4.79 Å². The van der Waals surface area contributed by atoms with Crippen LogP contribution < -0.4 is 5.32 Å². The number of hydrogen-bond acceptors (Lipinski definition) is 3. The number of allylic oxidation sites excluding steroid dienone is 3. The van der Waals surface area contributed by atoms with Crippen molar-refractivity contribution in [3.63, 3.8) is 0 Å². The SMILES string of the molecule is CC1=C(C)C(C2=NCc3ccccc3N2)C(=O)C=C1. The van der Waals surface area contributed by atoms with E-state index < -0.39 is 0 Å². The fourth-order valence-corrected chi connectivity index (χ4v) is 2.51. The summed E-state index contributed by atoms with van der Waals surface area (Å²) in [6.45, 7) is 4.67. The number of anilines is 1. The van der Waals surface area contributed by atoms with Crippen molar-refractivity contribution < 1.29 is 4.79 Å². The minimum Gasteiger partial charge on any atom is -0.343 e. The summed E-state index contributed by atoms with van der Waals surface area (Å²) in [5.41, 5.74) is 4.45. The molecule has 0 amide bonds. The monoisotopic (exact) mass is 252 g/mol. The molecule has 3 heteroatoms. The molecule has 3 nitrogen and oxygen atoms in total. The highest BCUT2D eigenvalue weighted by Crippen LogP contribution is 2.28. The molecule has 0 bridgehead atoms. The Morgan fingerprint density at radius 3 is 2.84 bits per heavy atom. The van der Waals surface area contributed by atoms with Crippen molar-refractivity contribution in [1.29, 1.82) is 0 Å². The van der Waals surface area contributed by atoms with Gasteiger partial charge in [0.05, 0.1) is 6.54 Å². The van der Waals surface area contributed by atoms with E-state index in [0.29, 0.717) is 6.54 Å². The highest BCUT2D eigenvalue weighted by atomic mass is 16.1. The van der Waals surface area contributed by atoms with Gasteiger partial charge >= 0.3 is 0 Å². The summed E-state index contributed by atoms with van der Waals surface area (Å²) in [5.74, 6) is 0.622. The summed E-state index contributed by atoms with van der Waals surface area (Å²) in [6, 6.07) is 8.08. The van der Waals surface area contributed by atoms with Crippen molar-refractivity contribution >= 4 is 17.3 Å². The molecule has 1 aliphatic carbocycles. The number of nitrogens with one attached hydrogen (secondary N) is 1. The summed E-state index contributed by atoms with van der Waals surface area (Å²) in [5, 5.41) is 3.31. The molecule has 0 spiro atoms. The minimum atomic E-state index is -0.252. The fourth-order valence-electron chi connectivity index (χ4n) is 2.51. The highest BCUT2D eigenvalue weighted by Gasteiger charge is 2.29. The summed E-state index contributed by atoms with van der Waals surface area (Å²) >= 11 is 0. The molecule has 1 aliphatic heterocycles. The zero-order valence-electron chi connectivity index (χ0n) is 11.1. The molecule has 1 N–H and O–H groups in total. The number of rotatable bonds is 1. The Morgan fingerprint density at radius 2 is 2.00 bits per heavy atom. The Bertz CT molecular complexity index is 638. The molecule has 0 aromatic heterocycles. The van der Waals surface area contributed by atoms with Gasteiger partial charge < -0.3 is 5.32 Å². The second-order valence-electron chi connectivity index (χ2n) is 5.02.